The Kier molecular flexibility index (Phi) is 8.78. The molecule has 0 spiro atoms. The molecule has 5 heteroatoms. The molecule has 0 aliphatic carbocycles. The molecular formula is C17H29IN4. The molecule has 0 amide bonds. The summed E-state index contributed by atoms with van der Waals surface area (Å²) in [5.74, 6) is 2.12. The van der Waals surface area contributed by atoms with Crippen LogP contribution >= 0.6 is 24.0 Å². The van der Waals surface area contributed by atoms with Crippen molar-refractivity contribution >= 4 is 29.9 Å². The summed E-state index contributed by atoms with van der Waals surface area (Å²) in [6, 6.07) is 10.6. The predicted molar refractivity (Wildman–Crippen MR) is 105 cm³/mol. The van der Waals surface area contributed by atoms with Crippen LogP contribution in [0.4, 0.5) is 0 Å². The zero-order valence-corrected chi connectivity index (χ0v) is 16.2. The van der Waals surface area contributed by atoms with E-state index in [4.69, 9.17) is 0 Å². The van der Waals surface area contributed by atoms with E-state index in [0.29, 0.717) is 5.92 Å². The van der Waals surface area contributed by atoms with Crippen LogP contribution in [-0.4, -0.2) is 51.1 Å². The normalized spacial score (nSPS) is 20.3. The molecule has 4 nitrogen and oxygen atoms in total. The van der Waals surface area contributed by atoms with Gasteiger partial charge < -0.3 is 15.5 Å². The van der Waals surface area contributed by atoms with Crippen molar-refractivity contribution in [3.63, 3.8) is 0 Å². The fourth-order valence-corrected chi connectivity index (χ4v) is 2.80. The lowest BCUT2D eigenvalue weighted by Crippen LogP contribution is -2.41. The van der Waals surface area contributed by atoms with Gasteiger partial charge in [-0.3, -0.25) is 4.99 Å². The Morgan fingerprint density at radius 2 is 2.05 bits per heavy atom. The summed E-state index contributed by atoms with van der Waals surface area (Å²) in [5.41, 5.74) is 1.36. The highest BCUT2D eigenvalue weighted by molar-refractivity contribution is 14.0. The lowest BCUT2D eigenvalue weighted by Gasteiger charge is -2.18. The second kappa shape index (κ2) is 10.0. The molecule has 2 unspecified atom stereocenters. The molecule has 1 aromatic rings. The molecule has 2 rings (SSSR count). The van der Waals surface area contributed by atoms with E-state index in [1.807, 2.05) is 7.05 Å². The molecule has 0 radical (unpaired) electrons. The lowest BCUT2D eigenvalue weighted by molar-refractivity contribution is 0.394. The number of benzene rings is 1. The Hall–Kier alpha value is -0.820. The van der Waals surface area contributed by atoms with Gasteiger partial charge in [-0.15, -0.1) is 24.0 Å². The van der Waals surface area contributed by atoms with Crippen LogP contribution in [0.1, 0.15) is 24.8 Å². The summed E-state index contributed by atoms with van der Waals surface area (Å²) >= 11 is 0. The minimum Gasteiger partial charge on any atom is -0.356 e. The summed E-state index contributed by atoms with van der Waals surface area (Å²) in [4.78, 5) is 6.70. The molecule has 1 aliphatic heterocycles. The summed E-state index contributed by atoms with van der Waals surface area (Å²) in [5, 5.41) is 6.88. The molecule has 0 aromatic heterocycles. The SMILES string of the molecule is CN=C(NCC1CCN(C)C1)NCC(C)c1ccccc1.I. The second-order valence-electron chi connectivity index (χ2n) is 6.06. The maximum atomic E-state index is 4.31. The van der Waals surface area contributed by atoms with E-state index in [-0.39, 0.29) is 24.0 Å². The van der Waals surface area contributed by atoms with Gasteiger partial charge in [-0.05, 0) is 37.4 Å². The third-order valence-corrected chi connectivity index (χ3v) is 4.22. The molecule has 124 valence electrons. The van der Waals surface area contributed by atoms with Crippen molar-refractivity contribution in [1.82, 2.24) is 15.5 Å². The summed E-state index contributed by atoms with van der Waals surface area (Å²) in [7, 11) is 4.03. The smallest absolute Gasteiger partial charge is 0.191 e. The Labute approximate surface area is 151 Å². The summed E-state index contributed by atoms with van der Waals surface area (Å²) in [6.45, 7) is 6.54. The van der Waals surface area contributed by atoms with Crippen LogP contribution in [0.25, 0.3) is 0 Å². The van der Waals surface area contributed by atoms with E-state index in [1.54, 1.807) is 0 Å². The number of halogens is 1. The Morgan fingerprint density at radius 3 is 2.64 bits per heavy atom. The maximum Gasteiger partial charge on any atom is 0.191 e. The Balaban J connectivity index is 0.00000242. The van der Waals surface area contributed by atoms with E-state index >= 15 is 0 Å². The fourth-order valence-electron chi connectivity index (χ4n) is 2.80. The van der Waals surface area contributed by atoms with Crippen LogP contribution in [0.3, 0.4) is 0 Å². The zero-order valence-electron chi connectivity index (χ0n) is 13.9. The Morgan fingerprint density at radius 1 is 1.32 bits per heavy atom. The van der Waals surface area contributed by atoms with Crippen molar-refractivity contribution in [3.8, 4) is 0 Å². The minimum absolute atomic E-state index is 0. The van der Waals surface area contributed by atoms with Gasteiger partial charge in [-0.2, -0.15) is 0 Å². The first-order valence-corrected chi connectivity index (χ1v) is 7.87. The quantitative estimate of drug-likeness (QED) is 0.440. The fraction of sp³-hybridized carbons (Fsp3) is 0.588. The number of nitrogens with one attached hydrogen (secondary N) is 2. The topological polar surface area (TPSA) is 39.7 Å². The van der Waals surface area contributed by atoms with Gasteiger partial charge in [0.25, 0.3) is 0 Å². The van der Waals surface area contributed by atoms with E-state index in [0.717, 1.165) is 25.0 Å². The molecular weight excluding hydrogens is 387 g/mol. The highest BCUT2D eigenvalue weighted by Crippen LogP contribution is 2.14. The van der Waals surface area contributed by atoms with E-state index in [9.17, 15) is 0 Å². The van der Waals surface area contributed by atoms with Gasteiger partial charge in [0.1, 0.15) is 0 Å². The van der Waals surface area contributed by atoms with Crippen molar-refractivity contribution in [2.75, 3.05) is 40.3 Å². The highest BCUT2D eigenvalue weighted by Gasteiger charge is 2.19. The number of hydrogen-bond acceptors (Lipinski definition) is 2. The molecule has 1 heterocycles. The molecule has 2 N–H and O–H groups in total. The number of nitrogens with zero attached hydrogens (tertiary/aromatic N) is 2. The molecule has 22 heavy (non-hydrogen) atoms. The number of guanidine groups is 1. The monoisotopic (exact) mass is 416 g/mol. The Bertz CT molecular complexity index is 449. The van der Waals surface area contributed by atoms with Crippen molar-refractivity contribution < 1.29 is 0 Å². The van der Waals surface area contributed by atoms with Crippen molar-refractivity contribution in [2.24, 2.45) is 10.9 Å². The average Bonchev–Trinajstić information content (AvgIpc) is 2.93. The number of rotatable bonds is 5. The van der Waals surface area contributed by atoms with Gasteiger partial charge in [0.15, 0.2) is 5.96 Å². The average molecular weight is 416 g/mol. The highest BCUT2D eigenvalue weighted by atomic mass is 127. The first-order chi connectivity index (χ1) is 10.2. The van der Waals surface area contributed by atoms with Crippen LogP contribution in [0.5, 0.6) is 0 Å². The number of hydrogen-bond donors (Lipinski definition) is 2. The van der Waals surface area contributed by atoms with E-state index in [1.165, 1.54) is 25.1 Å². The first-order valence-electron chi connectivity index (χ1n) is 7.87. The molecule has 1 fully saturated rings. The molecule has 0 bridgehead atoms. The van der Waals surface area contributed by atoms with E-state index in [2.05, 4.69) is 64.8 Å². The largest absolute Gasteiger partial charge is 0.356 e. The zero-order chi connectivity index (χ0) is 15.1. The standard InChI is InChI=1S/C17H28N4.HI/c1-14(16-7-5-4-6-8-16)11-19-17(18-2)20-12-15-9-10-21(3)13-15;/h4-8,14-15H,9-13H2,1-3H3,(H2,18,19,20);1H. The van der Waals surface area contributed by atoms with Crippen molar-refractivity contribution in [1.29, 1.82) is 0 Å². The third-order valence-electron chi connectivity index (χ3n) is 4.22. The summed E-state index contributed by atoms with van der Waals surface area (Å²) in [6.07, 6.45) is 1.28. The minimum atomic E-state index is 0. The van der Waals surface area contributed by atoms with Gasteiger partial charge in [0.2, 0.25) is 0 Å². The molecule has 1 aromatic carbocycles. The van der Waals surface area contributed by atoms with Crippen molar-refractivity contribution in [3.05, 3.63) is 35.9 Å². The number of likely N-dealkylation sites (tertiary alicyclic amines) is 1. The van der Waals surface area contributed by atoms with E-state index < -0.39 is 0 Å². The third kappa shape index (κ3) is 6.12. The molecule has 1 saturated heterocycles. The molecule has 1 aliphatic rings. The van der Waals surface area contributed by atoms with Gasteiger partial charge in [0, 0.05) is 26.7 Å². The van der Waals surface area contributed by atoms with Crippen LogP contribution in [0, 0.1) is 5.92 Å². The van der Waals surface area contributed by atoms with Crippen molar-refractivity contribution in [2.45, 2.75) is 19.3 Å². The van der Waals surface area contributed by atoms with Gasteiger partial charge in [-0.25, -0.2) is 0 Å². The van der Waals surface area contributed by atoms with Crippen LogP contribution in [0.2, 0.25) is 0 Å². The number of aliphatic imine (C=N–C) groups is 1. The van der Waals surface area contributed by atoms with Gasteiger partial charge in [0.05, 0.1) is 0 Å². The second-order valence-corrected chi connectivity index (χ2v) is 6.06. The maximum absolute atomic E-state index is 4.31. The summed E-state index contributed by atoms with van der Waals surface area (Å²) < 4.78 is 0. The lowest BCUT2D eigenvalue weighted by atomic mass is 10.0. The van der Waals surface area contributed by atoms with Gasteiger partial charge >= 0.3 is 0 Å². The van der Waals surface area contributed by atoms with Crippen LogP contribution in [0.15, 0.2) is 35.3 Å². The molecule has 2 atom stereocenters. The first kappa shape index (κ1) is 19.2. The van der Waals surface area contributed by atoms with Crippen LogP contribution < -0.4 is 10.6 Å². The predicted octanol–water partition coefficient (Wildman–Crippen LogP) is 2.52. The molecule has 0 saturated carbocycles. The van der Waals surface area contributed by atoms with Gasteiger partial charge in [-0.1, -0.05) is 37.3 Å². The van der Waals surface area contributed by atoms with Crippen LogP contribution in [-0.2, 0) is 0 Å².